The van der Waals surface area contributed by atoms with E-state index < -0.39 is 6.10 Å². The number of aliphatic hydroxyl groups is 1. The number of hydrogen-bond donors (Lipinski definition) is 2. The van der Waals surface area contributed by atoms with E-state index in [0.29, 0.717) is 18.2 Å². The third-order valence-electron chi connectivity index (χ3n) is 4.02. The number of aliphatic hydroxyl groups excluding tert-OH is 1. The molecule has 2 N–H and O–H groups in total. The molecule has 0 aliphatic heterocycles. The lowest BCUT2D eigenvalue weighted by atomic mass is 10.1. The number of likely N-dealkylation sites (N-methyl/N-ethyl adjacent to an activating group) is 1. The van der Waals surface area contributed by atoms with Crippen LogP contribution in [0.2, 0.25) is 0 Å². The van der Waals surface area contributed by atoms with Gasteiger partial charge in [-0.05, 0) is 44.5 Å². The fraction of sp³-hybridized carbons (Fsp3) is 0.562. The summed E-state index contributed by atoms with van der Waals surface area (Å²) in [4.78, 5) is 2.40. The van der Waals surface area contributed by atoms with Crippen LogP contribution in [0.15, 0.2) is 24.3 Å². The van der Waals surface area contributed by atoms with Crippen LogP contribution in [0.5, 0.6) is 0 Å². The van der Waals surface area contributed by atoms with Gasteiger partial charge in [0.05, 0.1) is 17.7 Å². The lowest BCUT2D eigenvalue weighted by Crippen LogP contribution is -2.40. The number of nitrogens with one attached hydrogen (secondary N) is 1. The Morgan fingerprint density at radius 2 is 2.00 bits per heavy atom. The zero-order valence-electron chi connectivity index (χ0n) is 12.2. The van der Waals surface area contributed by atoms with Crippen molar-refractivity contribution >= 4 is 0 Å². The minimum absolute atomic E-state index is 0.482. The predicted octanol–water partition coefficient (Wildman–Crippen LogP) is 1.66. The largest absolute Gasteiger partial charge is 0.387 e. The van der Waals surface area contributed by atoms with Gasteiger partial charge in [0.1, 0.15) is 0 Å². The average Bonchev–Trinajstić information content (AvgIpc) is 3.31. The van der Waals surface area contributed by atoms with Gasteiger partial charge in [-0.15, -0.1) is 0 Å². The first-order valence-electron chi connectivity index (χ1n) is 7.22. The molecule has 1 aromatic carbocycles. The zero-order valence-corrected chi connectivity index (χ0v) is 12.2. The molecule has 2 rings (SSSR count). The highest BCUT2D eigenvalue weighted by Gasteiger charge is 2.28. The topological polar surface area (TPSA) is 59.3 Å². The smallest absolute Gasteiger partial charge is 0.0991 e. The Balaban J connectivity index is 1.73. The maximum Gasteiger partial charge on any atom is 0.0991 e. The van der Waals surface area contributed by atoms with Crippen molar-refractivity contribution < 1.29 is 5.11 Å². The molecule has 4 nitrogen and oxygen atoms in total. The van der Waals surface area contributed by atoms with Gasteiger partial charge in [-0.3, -0.25) is 4.90 Å². The normalized spacial score (nSPS) is 17.8. The Hall–Kier alpha value is -1.41. The number of nitrogens with zero attached hydrogens (tertiary/aromatic N) is 2. The molecule has 0 radical (unpaired) electrons. The summed E-state index contributed by atoms with van der Waals surface area (Å²) in [5.74, 6) is 0. The molecule has 0 bridgehead atoms. The fourth-order valence-corrected chi connectivity index (χ4v) is 2.31. The van der Waals surface area contributed by atoms with E-state index in [4.69, 9.17) is 5.26 Å². The monoisotopic (exact) mass is 273 g/mol. The molecule has 1 fully saturated rings. The lowest BCUT2D eigenvalue weighted by Gasteiger charge is -2.25. The predicted molar refractivity (Wildman–Crippen MR) is 79.2 cm³/mol. The quantitative estimate of drug-likeness (QED) is 0.793. The first-order chi connectivity index (χ1) is 9.61. The highest BCUT2D eigenvalue weighted by molar-refractivity contribution is 5.32. The van der Waals surface area contributed by atoms with Crippen molar-refractivity contribution in [3.63, 3.8) is 0 Å². The van der Waals surface area contributed by atoms with Gasteiger partial charge < -0.3 is 10.4 Å². The number of rotatable bonds is 7. The molecule has 2 atom stereocenters. The summed E-state index contributed by atoms with van der Waals surface area (Å²) in [6, 6.07) is 10.4. The first kappa shape index (κ1) is 15.0. The van der Waals surface area contributed by atoms with E-state index in [2.05, 4.69) is 30.3 Å². The van der Waals surface area contributed by atoms with Gasteiger partial charge in [0.15, 0.2) is 0 Å². The third-order valence-corrected chi connectivity index (χ3v) is 4.02. The Kier molecular flexibility index (Phi) is 5.13. The van der Waals surface area contributed by atoms with Crippen LogP contribution < -0.4 is 5.32 Å². The molecule has 0 amide bonds. The van der Waals surface area contributed by atoms with Gasteiger partial charge in [-0.2, -0.15) is 5.26 Å². The van der Waals surface area contributed by atoms with Gasteiger partial charge in [0, 0.05) is 25.2 Å². The third kappa shape index (κ3) is 4.04. The summed E-state index contributed by atoms with van der Waals surface area (Å²) >= 11 is 0. The molecular weight excluding hydrogens is 250 g/mol. The van der Waals surface area contributed by atoms with Crippen LogP contribution in [-0.4, -0.2) is 42.2 Å². The van der Waals surface area contributed by atoms with Gasteiger partial charge >= 0.3 is 0 Å². The van der Waals surface area contributed by atoms with Crippen molar-refractivity contribution in [3.05, 3.63) is 35.4 Å². The van der Waals surface area contributed by atoms with Gasteiger partial charge in [0.25, 0.3) is 0 Å². The van der Waals surface area contributed by atoms with Crippen molar-refractivity contribution in [1.29, 1.82) is 5.26 Å². The number of nitriles is 1. The van der Waals surface area contributed by atoms with Gasteiger partial charge in [0.2, 0.25) is 0 Å². The molecular formula is C16H23N3O. The lowest BCUT2D eigenvalue weighted by molar-refractivity contribution is 0.167. The summed E-state index contributed by atoms with van der Waals surface area (Å²) in [6.07, 6.45) is 2.10. The minimum atomic E-state index is -0.527. The molecule has 4 heteroatoms. The van der Waals surface area contributed by atoms with Crippen LogP contribution in [0.25, 0.3) is 0 Å². The summed E-state index contributed by atoms with van der Waals surface area (Å²) in [6.45, 7) is 3.62. The van der Waals surface area contributed by atoms with Crippen molar-refractivity contribution in [1.82, 2.24) is 10.2 Å². The average molecular weight is 273 g/mol. The second-order valence-electron chi connectivity index (χ2n) is 5.65. The van der Waals surface area contributed by atoms with E-state index in [9.17, 15) is 5.11 Å². The van der Waals surface area contributed by atoms with E-state index in [-0.39, 0.29) is 0 Å². The molecule has 1 aromatic rings. The Bertz CT molecular complexity index is 462. The highest BCUT2D eigenvalue weighted by atomic mass is 16.3. The summed E-state index contributed by atoms with van der Waals surface area (Å²) < 4.78 is 0. The maximum absolute atomic E-state index is 10.1. The number of benzene rings is 1. The van der Waals surface area contributed by atoms with Crippen LogP contribution in [0.3, 0.4) is 0 Å². The fourth-order valence-electron chi connectivity index (χ4n) is 2.31. The van der Waals surface area contributed by atoms with Crippen LogP contribution in [0.4, 0.5) is 0 Å². The highest BCUT2D eigenvalue weighted by Crippen LogP contribution is 2.26. The van der Waals surface area contributed by atoms with Crippen LogP contribution in [0.1, 0.15) is 37.0 Å². The summed E-state index contributed by atoms with van der Waals surface area (Å²) in [5.41, 5.74) is 1.47. The molecule has 1 aliphatic rings. The molecule has 20 heavy (non-hydrogen) atoms. The second kappa shape index (κ2) is 6.85. The van der Waals surface area contributed by atoms with Crippen molar-refractivity contribution in [2.45, 2.75) is 38.0 Å². The molecule has 0 spiro atoms. The van der Waals surface area contributed by atoms with Crippen LogP contribution >= 0.6 is 0 Å². The van der Waals surface area contributed by atoms with Gasteiger partial charge in [-0.25, -0.2) is 0 Å². The molecule has 0 saturated heterocycles. The molecule has 108 valence electrons. The molecule has 1 aliphatic carbocycles. The second-order valence-corrected chi connectivity index (χ2v) is 5.65. The molecule has 2 unspecified atom stereocenters. The Morgan fingerprint density at radius 1 is 1.35 bits per heavy atom. The number of hydrogen-bond acceptors (Lipinski definition) is 4. The van der Waals surface area contributed by atoms with Crippen LogP contribution in [-0.2, 0) is 0 Å². The Labute approximate surface area is 121 Å². The van der Waals surface area contributed by atoms with Crippen molar-refractivity contribution in [3.8, 4) is 6.07 Å². The zero-order chi connectivity index (χ0) is 14.5. The van der Waals surface area contributed by atoms with E-state index in [1.165, 1.54) is 12.8 Å². The van der Waals surface area contributed by atoms with E-state index >= 15 is 0 Å². The molecule has 0 heterocycles. The molecule has 1 saturated carbocycles. The van der Waals surface area contributed by atoms with E-state index in [1.54, 1.807) is 12.1 Å². The first-order valence-corrected chi connectivity index (χ1v) is 7.22. The van der Waals surface area contributed by atoms with E-state index in [0.717, 1.165) is 18.2 Å². The minimum Gasteiger partial charge on any atom is -0.387 e. The SMILES string of the molecule is CC(CNCC(O)c1ccc(C#N)cc1)N(C)C1CC1. The van der Waals surface area contributed by atoms with Crippen molar-refractivity contribution in [2.24, 2.45) is 0 Å². The summed E-state index contributed by atoms with van der Waals surface area (Å²) in [7, 11) is 2.17. The molecule has 0 aromatic heterocycles. The standard InChI is InChI=1S/C16H23N3O/c1-12(19(2)15-7-8-15)10-18-11-16(20)14-5-3-13(9-17)4-6-14/h3-6,12,15-16,18,20H,7-8,10-11H2,1-2H3. The van der Waals surface area contributed by atoms with Crippen LogP contribution in [0, 0.1) is 11.3 Å². The van der Waals surface area contributed by atoms with Gasteiger partial charge in [-0.1, -0.05) is 12.1 Å². The van der Waals surface area contributed by atoms with Crippen molar-refractivity contribution in [2.75, 3.05) is 20.1 Å². The van der Waals surface area contributed by atoms with E-state index in [1.807, 2.05) is 12.1 Å². The summed E-state index contributed by atoms with van der Waals surface area (Å²) in [5, 5.41) is 22.2. The maximum atomic E-state index is 10.1. The Morgan fingerprint density at radius 3 is 2.55 bits per heavy atom.